The lowest BCUT2D eigenvalue weighted by atomic mass is 9.94. The van der Waals surface area contributed by atoms with Crippen molar-refractivity contribution in [1.82, 2.24) is 9.88 Å². The van der Waals surface area contributed by atoms with Crippen molar-refractivity contribution >= 4 is 0 Å². The van der Waals surface area contributed by atoms with Crippen LogP contribution in [0.2, 0.25) is 0 Å². The molecule has 1 aromatic rings. The maximum atomic E-state index is 13.4. The number of likely N-dealkylation sites (N-methyl/N-ethyl adjacent to an activating group) is 1. The topological polar surface area (TPSA) is 36.4 Å². The number of hydrogen-bond donors (Lipinski definition) is 1. The lowest BCUT2D eigenvalue weighted by Gasteiger charge is -2.22. The standard InChI is InChI=1S/C10H13FN2O/c1-13-5-3-10(14,7-13)8-2-4-12-6-9(8)11/h2,4,6,14H,3,5,7H2,1H3. The number of pyridine rings is 1. The number of rotatable bonds is 1. The summed E-state index contributed by atoms with van der Waals surface area (Å²) < 4.78 is 13.4. The molecule has 0 aromatic carbocycles. The predicted octanol–water partition coefficient (Wildman–Crippen LogP) is 0.744. The van der Waals surface area contributed by atoms with Crippen LogP contribution in [0.25, 0.3) is 0 Å². The first-order valence-corrected chi connectivity index (χ1v) is 4.63. The van der Waals surface area contributed by atoms with Gasteiger partial charge in [-0.05, 0) is 19.5 Å². The first-order valence-electron chi connectivity index (χ1n) is 4.63. The molecule has 0 amide bonds. The van der Waals surface area contributed by atoms with E-state index in [2.05, 4.69) is 4.98 Å². The molecule has 3 nitrogen and oxygen atoms in total. The highest BCUT2D eigenvalue weighted by molar-refractivity contribution is 5.23. The van der Waals surface area contributed by atoms with Gasteiger partial charge in [-0.25, -0.2) is 4.39 Å². The Morgan fingerprint density at radius 2 is 2.43 bits per heavy atom. The normalized spacial score (nSPS) is 28.2. The summed E-state index contributed by atoms with van der Waals surface area (Å²) in [4.78, 5) is 5.65. The van der Waals surface area contributed by atoms with Crippen LogP contribution in [-0.2, 0) is 5.60 Å². The molecule has 4 heteroatoms. The van der Waals surface area contributed by atoms with Crippen LogP contribution in [0.4, 0.5) is 4.39 Å². The number of nitrogens with zero attached hydrogens (tertiary/aromatic N) is 2. The molecular formula is C10H13FN2O. The van der Waals surface area contributed by atoms with Crippen LogP contribution in [0.1, 0.15) is 12.0 Å². The smallest absolute Gasteiger partial charge is 0.147 e. The van der Waals surface area contributed by atoms with Crippen LogP contribution in [0.5, 0.6) is 0 Å². The van der Waals surface area contributed by atoms with Gasteiger partial charge < -0.3 is 10.0 Å². The maximum absolute atomic E-state index is 13.4. The van der Waals surface area contributed by atoms with Crippen LogP contribution >= 0.6 is 0 Å². The van der Waals surface area contributed by atoms with Gasteiger partial charge >= 0.3 is 0 Å². The Bertz CT molecular complexity index is 345. The SMILES string of the molecule is CN1CCC(O)(c2ccncc2F)C1. The van der Waals surface area contributed by atoms with Crippen LogP contribution < -0.4 is 0 Å². The van der Waals surface area contributed by atoms with Gasteiger partial charge in [0, 0.05) is 24.8 Å². The Hall–Kier alpha value is -1.00. The van der Waals surface area contributed by atoms with E-state index in [0.717, 1.165) is 12.7 Å². The lowest BCUT2D eigenvalue weighted by molar-refractivity contribution is 0.0451. The van der Waals surface area contributed by atoms with Gasteiger partial charge in [0.2, 0.25) is 0 Å². The Balaban J connectivity index is 2.35. The molecule has 14 heavy (non-hydrogen) atoms. The summed E-state index contributed by atoms with van der Waals surface area (Å²) in [5.74, 6) is -0.426. The molecule has 1 saturated heterocycles. The zero-order valence-electron chi connectivity index (χ0n) is 8.07. The highest BCUT2D eigenvalue weighted by Crippen LogP contribution is 2.32. The van der Waals surface area contributed by atoms with Crippen LogP contribution in [0.15, 0.2) is 18.5 Å². The summed E-state index contributed by atoms with van der Waals surface area (Å²) in [6, 6.07) is 1.55. The van der Waals surface area contributed by atoms with E-state index in [1.807, 2.05) is 11.9 Å². The zero-order valence-corrected chi connectivity index (χ0v) is 8.07. The van der Waals surface area contributed by atoms with Crippen LogP contribution in [0, 0.1) is 5.82 Å². The van der Waals surface area contributed by atoms with Gasteiger partial charge in [0.1, 0.15) is 11.4 Å². The van der Waals surface area contributed by atoms with Crippen molar-refractivity contribution in [2.24, 2.45) is 0 Å². The molecule has 1 aliphatic heterocycles. The van der Waals surface area contributed by atoms with Crippen molar-refractivity contribution in [3.63, 3.8) is 0 Å². The van der Waals surface area contributed by atoms with E-state index in [4.69, 9.17) is 0 Å². The molecule has 0 saturated carbocycles. The molecule has 2 heterocycles. The van der Waals surface area contributed by atoms with Crippen molar-refractivity contribution < 1.29 is 9.50 Å². The fraction of sp³-hybridized carbons (Fsp3) is 0.500. The van der Waals surface area contributed by atoms with E-state index in [1.54, 1.807) is 6.07 Å². The minimum absolute atomic E-state index is 0.358. The summed E-state index contributed by atoms with van der Waals surface area (Å²) in [6.07, 6.45) is 3.23. The molecule has 1 aromatic heterocycles. The second kappa shape index (κ2) is 3.29. The second-order valence-electron chi connectivity index (χ2n) is 3.87. The Labute approximate surface area is 82.2 Å². The van der Waals surface area contributed by atoms with E-state index in [1.165, 1.54) is 6.20 Å². The molecule has 1 aliphatic rings. The third kappa shape index (κ3) is 1.51. The summed E-state index contributed by atoms with van der Waals surface area (Å²) in [7, 11) is 1.91. The van der Waals surface area contributed by atoms with E-state index < -0.39 is 11.4 Å². The van der Waals surface area contributed by atoms with E-state index >= 15 is 0 Å². The highest BCUT2D eigenvalue weighted by atomic mass is 19.1. The van der Waals surface area contributed by atoms with Gasteiger partial charge in [0.15, 0.2) is 0 Å². The minimum Gasteiger partial charge on any atom is -0.384 e. The molecule has 0 bridgehead atoms. The Kier molecular flexibility index (Phi) is 2.25. The number of β-amino-alcohol motifs (C(OH)–C–C–N with tert-alkyl or cyclic N) is 1. The number of aromatic nitrogens is 1. The number of hydrogen-bond acceptors (Lipinski definition) is 3. The predicted molar refractivity (Wildman–Crippen MR) is 50.2 cm³/mol. The average Bonchev–Trinajstić information content (AvgIpc) is 2.48. The fourth-order valence-electron chi connectivity index (χ4n) is 1.95. The monoisotopic (exact) mass is 196 g/mol. The minimum atomic E-state index is -1.04. The van der Waals surface area contributed by atoms with E-state index in [9.17, 15) is 9.50 Å². The van der Waals surface area contributed by atoms with Crippen molar-refractivity contribution in [2.45, 2.75) is 12.0 Å². The third-order valence-electron chi connectivity index (χ3n) is 2.71. The van der Waals surface area contributed by atoms with Crippen molar-refractivity contribution in [3.05, 3.63) is 29.8 Å². The van der Waals surface area contributed by atoms with Crippen molar-refractivity contribution in [1.29, 1.82) is 0 Å². The number of likely N-dealkylation sites (tertiary alicyclic amines) is 1. The van der Waals surface area contributed by atoms with Crippen LogP contribution in [0.3, 0.4) is 0 Å². The summed E-state index contributed by atoms with van der Waals surface area (Å²) >= 11 is 0. The van der Waals surface area contributed by atoms with E-state index in [-0.39, 0.29) is 0 Å². The molecule has 1 N–H and O–H groups in total. The Morgan fingerprint density at radius 3 is 3.00 bits per heavy atom. The quantitative estimate of drug-likeness (QED) is 0.719. The fourth-order valence-corrected chi connectivity index (χ4v) is 1.95. The van der Waals surface area contributed by atoms with Gasteiger partial charge in [-0.3, -0.25) is 4.98 Å². The first kappa shape index (κ1) is 9.55. The molecular weight excluding hydrogens is 183 g/mol. The van der Waals surface area contributed by atoms with E-state index in [0.29, 0.717) is 18.5 Å². The van der Waals surface area contributed by atoms with Gasteiger partial charge in [-0.2, -0.15) is 0 Å². The highest BCUT2D eigenvalue weighted by Gasteiger charge is 2.37. The van der Waals surface area contributed by atoms with Crippen LogP contribution in [-0.4, -0.2) is 35.1 Å². The second-order valence-corrected chi connectivity index (χ2v) is 3.87. The van der Waals surface area contributed by atoms with Crippen molar-refractivity contribution in [3.8, 4) is 0 Å². The molecule has 1 unspecified atom stereocenters. The molecule has 1 atom stereocenters. The Morgan fingerprint density at radius 1 is 1.64 bits per heavy atom. The summed E-state index contributed by atoms with van der Waals surface area (Å²) in [5, 5.41) is 10.2. The van der Waals surface area contributed by atoms with Gasteiger partial charge in [0.05, 0.1) is 6.20 Å². The number of halogens is 1. The molecule has 76 valence electrons. The maximum Gasteiger partial charge on any atom is 0.147 e. The molecule has 0 spiro atoms. The largest absolute Gasteiger partial charge is 0.384 e. The van der Waals surface area contributed by atoms with Crippen molar-refractivity contribution in [2.75, 3.05) is 20.1 Å². The molecule has 0 radical (unpaired) electrons. The lowest BCUT2D eigenvalue weighted by Crippen LogP contribution is -2.30. The zero-order chi connectivity index (χ0) is 10.2. The summed E-state index contributed by atoms with van der Waals surface area (Å²) in [5.41, 5.74) is -0.682. The average molecular weight is 196 g/mol. The molecule has 0 aliphatic carbocycles. The van der Waals surface area contributed by atoms with Gasteiger partial charge in [-0.15, -0.1) is 0 Å². The van der Waals surface area contributed by atoms with Gasteiger partial charge in [-0.1, -0.05) is 0 Å². The molecule has 2 rings (SSSR count). The molecule has 1 fully saturated rings. The van der Waals surface area contributed by atoms with Gasteiger partial charge in [0.25, 0.3) is 0 Å². The first-order chi connectivity index (χ1) is 6.62. The number of aliphatic hydroxyl groups is 1. The summed E-state index contributed by atoms with van der Waals surface area (Å²) in [6.45, 7) is 1.27. The third-order valence-corrected chi connectivity index (χ3v) is 2.71.